The number of Topliss-reactive ketones (excluding diaryl/α,β-unsaturated/α-hetero) is 1. The molecule has 6 nitrogen and oxygen atoms in total. The second kappa shape index (κ2) is 6.28. The summed E-state index contributed by atoms with van der Waals surface area (Å²) in [6, 6.07) is 7.38. The number of rotatable bonds is 3. The van der Waals surface area contributed by atoms with Crippen molar-refractivity contribution >= 4 is 5.78 Å². The molecule has 1 aromatic carbocycles. The molecule has 3 rings (SSSR count). The maximum atomic E-state index is 12.6. The van der Waals surface area contributed by atoms with Crippen molar-refractivity contribution in [1.29, 1.82) is 5.26 Å². The Balaban J connectivity index is 2.25. The van der Waals surface area contributed by atoms with Gasteiger partial charge in [-0.25, -0.2) is 0 Å². The minimum absolute atomic E-state index is 0.0219. The number of nitriles is 1. The Morgan fingerprint density at radius 2 is 2.08 bits per heavy atom. The molecule has 0 unspecified atom stereocenters. The van der Waals surface area contributed by atoms with Gasteiger partial charge in [0.15, 0.2) is 5.78 Å². The van der Waals surface area contributed by atoms with Crippen molar-refractivity contribution < 1.29 is 19.0 Å². The van der Waals surface area contributed by atoms with E-state index in [1.165, 1.54) is 0 Å². The van der Waals surface area contributed by atoms with Gasteiger partial charge >= 0.3 is 0 Å². The first-order valence-electron chi connectivity index (χ1n) is 7.66. The number of methoxy groups -OCH3 is 2. The number of ketones is 1. The van der Waals surface area contributed by atoms with Crippen LogP contribution in [0.15, 0.2) is 41.0 Å². The highest BCUT2D eigenvalue weighted by atomic mass is 16.5. The number of nitrogens with zero attached hydrogens (tertiary/aromatic N) is 1. The third kappa shape index (κ3) is 2.48. The maximum Gasteiger partial charge on any atom is 0.205 e. The largest absolute Gasteiger partial charge is 0.497 e. The molecule has 1 heterocycles. The average molecular weight is 326 g/mol. The zero-order valence-electron chi connectivity index (χ0n) is 13.6. The van der Waals surface area contributed by atoms with Gasteiger partial charge in [-0.2, -0.15) is 5.26 Å². The molecular weight excluding hydrogens is 308 g/mol. The van der Waals surface area contributed by atoms with Crippen LogP contribution in [0.5, 0.6) is 11.5 Å². The lowest BCUT2D eigenvalue weighted by atomic mass is 9.77. The molecular formula is C18H18N2O4. The van der Waals surface area contributed by atoms with Gasteiger partial charge in [-0.05, 0) is 24.6 Å². The molecule has 6 heteroatoms. The summed E-state index contributed by atoms with van der Waals surface area (Å²) in [5.74, 6) is 1.15. The molecule has 0 aromatic heterocycles. The third-order valence-electron chi connectivity index (χ3n) is 4.35. The molecule has 2 N–H and O–H groups in total. The summed E-state index contributed by atoms with van der Waals surface area (Å²) in [4.78, 5) is 12.6. The molecule has 1 atom stereocenters. The first kappa shape index (κ1) is 15.9. The second-order valence-electron chi connectivity index (χ2n) is 5.65. The first-order chi connectivity index (χ1) is 11.6. The molecule has 2 aliphatic rings. The fourth-order valence-electron chi connectivity index (χ4n) is 3.23. The van der Waals surface area contributed by atoms with Crippen LogP contribution in [0.4, 0.5) is 0 Å². The van der Waals surface area contributed by atoms with Crippen LogP contribution in [0, 0.1) is 11.3 Å². The summed E-state index contributed by atoms with van der Waals surface area (Å²) in [6.45, 7) is 0. The second-order valence-corrected chi connectivity index (χ2v) is 5.65. The van der Waals surface area contributed by atoms with Crippen molar-refractivity contribution in [3.05, 3.63) is 46.6 Å². The number of hydrogen-bond acceptors (Lipinski definition) is 6. The van der Waals surface area contributed by atoms with Crippen molar-refractivity contribution in [1.82, 2.24) is 0 Å². The zero-order chi connectivity index (χ0) is 17.3. The van der Waals surface area contributed by atoms with E-state index in [-0.39, 0.29) is 17.2 Å². The van der Waals surface area contributed by atoms with Gasteiger partial charge in [0.05, 0.1) is 20.1 Å². The van der Waals surface area contributed by atoms with Crippen LogP contribution in [-0.4, -0.2) is 20.0 Å². The molecule has 0 bridgehead atoms. The molecule has 1 aromatic rings. The summed E-state index contributed by atoms with van der Waals surface area (Å²) < 4.78 is 16.3. The number of hydrogen-bond donors (Lipinski definition) is 1. The molecule has 0 saturated heterocycles. The van der Waals surface area contributed by atoms with Crippen LogP contribution in [-0.2, 0) is 9.53 Å². The Morgan fingerprint density at radius 3 is 2.75 bits per heavy atom. The monoisotopic (exact) mass is 326 g/mol. The molecule has 124 valence electrons. The fourth-order valence-corrected chi connectivity index (χ4v) is 3.23. The number of benzene rings is 1. The third-order valence-corrected chi connectivity index (χ3v) is 4.35. The van der Waals surface area contributed by atoms with E-state index in [0.717, 1.165) is 6.42 Å². The molecule has 0 saturated carbocycles. The summed E-state index contributed by atoms with van der Waals surface area (Å²) in [6.07, 6.45) is 1.78. The predicted molar refractivity (Wildman–Crippen MR) is 86.1 cm³/mol. The van der Waals surface area contributed by atoms with E-state index in [1.54, 1.807) is 32.4 Å². The lowest BCUT2D eigenvalue weighted by molar-refractivity contribution is -0.116. The molecule has 1 aliphatic heterocycles. The van der Waals surface area contributed by atoms with Gasteiger partial charge in [-0.3, -0.25) is 4.79 Å². The van der Waals surface area contributed by atoms with Crippen LogP contribution < -0.4 is 15.2 Å². The highest BCUT2D eigenvalue weighted by Crippen LogP contribution is 2.46. The van der Waals surface area contributed by atoms with Gasteiger partial charge in [-0.1, -0.05) is 0 Å². The van der Waals surface area contributed by atoms with Gasteiger partial charge in [0, 0.05) is 24.0 Å². The highest BCUT2D eigenvalue weighted by Gasteiger charge is 2.39. The zero-order valence-corrected chi connectivity index (χ0v) is 13.6. The van der Waals surface area contributed by atoms with Crippen molar-refractivity contribution in [3.63, 3.8) is 0 Å². The fraction of sp³-hybridized carbons (Fsp3) is 0.333. The summed E-state index contributed by atoms with van der Waals surface area (Å²) in [5.41, 5.74) is 7.33. The quantitative estimate of drug-likeness (QED) is 0.917. The molecule has 0 amide bonds. The van der Waals surface area contributed by atoms with E-state index in [9.17, 15) is 10.1 Å². The number of allylic oxidation sites excluding steroid dienone is 3. The Labute approximate surface area is 140 Å². The Kier molecular flexibility index (Phi) is 4.17. The van der Waals surface area contributed by atoms with E-state index < -0.39 is 5.92 Å². The van der Waals surface area contributed by atoms with Crippen molar-refractivity contribution in [2.24, 2.45) is 5.73 Å². The first-order valence-corrected chi connectivity index (χ1v) is 7.66. The summed E-state index contributed by atoms with van der Waals surface area (Å²) >= 11 is 0. The Morgan fingerprint density at radius 1 is 1.29 bits per heavy atom. The van der Waals surface area contributed by atoms with Gasteiger partial charge in [0.1, 0.15) is 28.9 Å². The predicted octanol–water partition coefficient (Wildman–Crippen LogP) is 2.52. The lowest BCUT2D eigenvalue weighted by Crippen LogP contribution is -2.27. The van der Waals surface area contributed by atoms with Gasteiger partial charge in [0.2, 0.25) is 5.88 Å². The van der Waals surface area contributed by atoms with E-state index >= 15 is 0 Å². The molecule has 0 spiro atoms. The van der Waals surface area contributed by atoms with E-state index in [4.69, 9.17) is 19.9 Å². The molecule has 0 fully saturated rings. The number of nitrogens with two attached hydrogens (primary N) is 1. The summed E-state index contributed by atoms with van der Waals surface area (Å²) in [7, 11) is 3.10. The van der Waals surface area contributed by atoms with E-state index in [1.807, 2.05) is 0 Å². The van der Waals surface area contributed by atoms with Crippen molar-refractivity contribution in [2.75, 3.05) is 14.2 Å². The molecule has 0 radical (unpaired) electrons. The van der Waals surface area contributed by atoms with Crippen molar-refractivity contribution in [3.8, 4) is 17.6 Å². The maximum absolute atomic E-state index is 12.6. The van der Waals surface area contributed by atoms with Gasteiger partial charge < -0.3 is 19.9 Å². The van der Waals surface area contributed by atoms with Gasteiger partial charge in [-0.15, -0.1) is 0 Å². The van der Waals surface area contributed by atoms with Crippen LogP contribution in [0.1, 0.15) is 30.7 Å². The number of carbonyl (C=O) groups is 1. The van der Waals surface area contributed by atoms with Crippen LogP contribution in [0.3, 0.4) is 0 Å². The standard InChI is InChI=1S/C18H18N2O4/c1-22-10-6-7-14(23-2)11(8-10)16-12(9-19)18(20)24-15-5-3-4-13(21)17(15)16/h6-8,16H,3-5,20H2,1-2H3/t16-/m0/s1. The normalized spacial score (nSPS) is 20.2. The van der Waals surface area contributed by atoms with Gasteiger partial charge in [0.25, 0.3) is 0 Å². The smallest absolute Gasteiger partial charge is 0.205 e. The minimum Gasteiger partial charge on any atom is -0.497 e. The highest BCUT2D eigenvalue weighted by molar-refractivity contribution is 5.99. The van der Waals surface area contributed by atoms with E-state index in [2.05, 4.69) is 6.07 Å². The summed E-state index contributed by atoms with van der Waals surface area (Å²) in [5, 5.41) is 9.59. The number of ether oxygens (including phenoxy) is 3. The Bertz CT molecular complexity index is 802. The molecule has 24 heavy (non-hydrogen) atoms. The lowest BCUT2D eigenvalue weighted by Gasteiger charge is -2.31. The molecule has 1 aliphatic carbocycles. The minimum atomic E-state index is -0.600. The Hall–Kier alpha value is -2.94. The van der Waals surface area contributed by atoms with Crippen molar-refractivity contribution in [2.45, 2.75) is 25.2 Å². The SMILES string of the molecule is COc1ccc(OC)c([C@H]2C(C#N)=C(N)OC3=C2C(=O)CCC3)c1. The van der Waals surface area contributed by atoms with E-state index in [0.29, 0.717) is 41.2 Å². The average Bonchev–Trinajstić information content (AvgIpc) is 2.60. The number of carbonyl (C=O) groups excluding carboxylic acids is 1. The van der Waals surface area contributed by atoms with Crippen LogP contribution >= 0.6 is 0 Å². The topological polar surface area (TPSA) is 94.6 Å². The van der Waals surface area contributed by atoms with Crippen LogP contribution in [0.2, 0.25) is 0 Å². The van der Waals surface area contributed by atoms with Crippen LogP contribution in [0.25, 0.3) is 0 Å².